The third-order valence-electron chi connectivity index (χ3n) is 4.21. The Hall–Kier alpha value is -2.41. The molecule has 0 fully saturated rings. The molecule has 1 aliphatic heterocycles. The molecule has 1 aliphatic rings. The van der Waals surface area contributed by atoms with Crippen LogP contribution < -0.4 is 4.74 Å². The maximum atomic E-state index is 12.5. The van der Waals surface area contributed by atoms with Crippen molar-refractivity contribution in [1.29, 1.82) is 0 Å². The summed E-state index contributed by atoms with van der Waals surface area (Å²) in [7, 11) is 0. The third-order valence-corrected chi connectivity index (χ3v) is 5.21. The van der Waals surface area contributed by atoms with E-state index in [4.69, 9.17) is 4.74 Å². The SMILES string of the molecule is CCC1c2ccsc2CCN1C(=O)COc1ccc([N+](=O)[O-])cc1. The van der Waals surface area contributed by atoms with Gasteiger partial charge in [0.1, 0.15) is 5.75 Å². The Labute approximate surface area is 143 Å². The summed E-state index contributed by atoms with van der Waals surface area (Å²) in [6, 6.07) is 7.96. The van der Waals surface area contributed by atoms with Gasteiger partial charge in [0.2, 0.25) is 0 Å². The molecule has 1 atom stereocenters. The molecular weight excluding hydrogens is 328 g/mol. The molecule has 0 bridgehead atoms. The molecule has 0 spiro atoms. The van der Waals surface area contributed by atoms with Crippen molar-refractivity contribution in [3.05, 3.63) is 56.3 Å². The van der Waals surface area contributed by atoms with Gasteiger partial charge in [0.05, 0.1) is 11.0 Å². The van der Waals surface area contributed by atoms with Crippen LogP contribution in [-0.4, -0.2) is 28.9 Å². The second-order valence-electron chi connectivity index (χ2n) is 5.60. The van der Waals surface area contributed by atoms with Crippen LogP contribution in [0.3, 0.4) is 0 Å². The van der Waals surface area contributed by atoms with E-state index in [2.05, 4.69) is 18.4 Å². The van der Waals surface area contributed by atoms with Crippen molar-refractivity contribution >= 4 is 22.9 Å². The first-order valence-corrected chi connectivity index (χ1v) is 8.71. The molecule has 0 saturated heterocycles. The highest BCUT2D eigenvalue weighted by Crippen LogP contribution is 2.35. The summed E-state index contributed by atoms with van der Waals surface area (Å²) in [6.07, 6.45) is 1.75. The lowest BCUT2D eigenvalue weighted by molar-refractivity contribution is -0.384. The number of hydrogen-bond donors (Lipinski definition) is 0. The van der Waals surface area contributed by atoms with Gasteiger partial charge in [-0.2, -0.15) is 0 Å². The van der Waals surface area contributed by atoms with Crippen LogP contribution in [0.2, 0.25) is 0 Å². The normalized spacial score (nSPS) is 16.5. The van der Waals surface area contributed by atoms with Gasteiger partial charge >= 0.3 is 0 Å². The number of carbonyl (C=O) groups is 1. The second-order valence-corrected chi connectivity index (χ2v) is 6.60. The van der Waals surface area contributed by atoms with Gasteiger partial charge < -0.3 is 9.64 Å². The zero-order chi connectivity index (χ0) is 17.1. The molecular formula is C17H18N2O4S. The number of nitro benzene ring substituents is 1. The Bertz CT molecular complexity index is 741. The molecule has 2 heterocycles. The van der Waals surface area contributed by atoms with Gasteiger partial charge in [0, 0.05) is 23.6 Å². The van der Waals surface area contributed by atoms with Crippen LogP contribution in [0.25, 0.3) is 0 Å². The lowest BCUT2D eigenvalue weighted by Gasteiger charge is -2.35. The Morgan fingerprint density at radius 3 is 2.79 bits per heavy atom. The highest BCUT2D eigenvalue weighted by atomic mass is 32.1. The van der Waals surface area contributed by atoms with Gasteiger partial charge in [-0.1, -0.05) is 6.92 Å². The lowest BCUT2D eigenvalue weighted by Crippen LogP contribution is -2.41. The van der Waals surface area contributed by atoms with E-state index in [0.717, 1.165) is 12.8 Å². The highest BCUT2D eigenvalue weighted by molar-refractivity contribution is 7.10. The molecule has 3 rings (SSSR count). The fourth-order valence-corrected chi connectivity index (χ4v) is 3.96. The maximum absolute atomic E-state index is 12.5. The number of non-ortho nitro benzene ring substituents is 1. The van der Waals surface area contributed by atoms with Crippen molar-refractivity contribution in [3.63, 3.8) is 0 Å². The first-order chi connectivity index (χ1) is 11.6. The summed E-state index contributed by atoms with van der Waals surface area (Å²) < 4.78 is 5.51. The van der Waals surface area contributed by atoms with Gasteiger partial charge in [-0.15, -0.1) is 11.3 Å². The van der Waals surface area contributed by atoms with Gasteiger partial charge in [0.25, 0.3) is 11.6 Å². The van der Waals surface area contributed by atoms with Crippen molar-refractivity contribution in [2.45, 2.75) is 25.8 Å². The van der Waals surface area contributed by atoms with Crippen LogP contribution in [0.15, 0.2) is 35.7 Å². The van der Waals surface area contributed by atoms with Crippen molar-refractivity contribution < 1.29 is 14.5 Å². The van der Waals surface area contributed by atoms with Crippen molar-refractivity contribution in [2.24, 2.45) is 0 Å². The van der Waals surface area contributed by atoms with E-state index in [1.807, 2.05) is 4.90 Å². The summed E-state index contributed by atoms with van der Waals surface area (Å²) in [5.41, 5.74) is 1.25. The van der Waals surface area contributed by atoms with E-state index < -0.39 is 4.92 Å². The van der Waals surface area contributed by atoms with E-state index >= 15 is 0 Å². The molecule has 0 N–H and O–H groups in total. The molecule has 7 heteroatoms. The topological polar surface area (TPSA) is 72.7 Å². The van der Waals surface area contributed by atoms with E-state index in [0.29, 0.717) is 12.3 Å². The van der Waals surface area contributed by atoms with E-state index in [9.17, 15) is 14.9 Å². The summed E-state index contributed by atoms with van der Waals surface area (Å²) in [6.45, 7) is 2.72. The number of hydrogen-bond acceptors (Lipinski definition) is 5. The molecule has 0 aliphatic carbocycles. The van der Waals surface area contributed by atoms with Crippen LogP contribution in [0.4, 0.5) is 5.69 Å². The minimum Gasteiger partial charge on any atom is -0.484 e. The number of fused-ring (bicyclic) bond motifs is 1. The first-order valence-electron chi connectivity index (χ1n) is 7.83. The molecule has 6 nitrogen and oxygen atoms in total. The number of nitrogens with zero attached hydrogens (tertiary/aromatic N) is 2. The van der Waals surface area contributed by atoms with Gasteiger partial charge in [-0.3, -0.25) is 14.9 Å². The van der Waals surface area contributed by atoms with Crippen LogP contribution in [0, 0.1) is 10.1 Å². The van der Waals surface area contributed by atoms with Gasteiger partial charge in [0.15, 0.2) is 6.61 Å². The van der Waals surface area contributed by atoms with Crippen molar-refractivity contribution in [2.75, 3.05) is 13.2 Å². The Kier molecular flexibility index (Phi) is 4.80. The first kappa shape index (κ1) is 16.4. The zero-order valence-corrected chi connectivity index (χ0v) is 14.1. The number of rotatable bonds is 5. The van der Waals surface area contributed by atoms with Gasteiger partial charge in [-0.25, -0.2) is 0 Å². The number of amides is 1. The predicted octanol–water partition coefficient (Wildman–Crippen LogP) is 3.57. The molecule has 0 saturated carbocycles. The largest absolute Gasteiger partial charge is 0.484 e. The summed E-state index contributed by atoms with van der Waals surface area (Å²) in [5.74, 6) is 0.396. The smallest absolute Gasteiger partial charge is 0.269 e. The lowest BCUT2D eigenvalue weighted by atomic mass is 9.98. The van der Waals surface area contributed by atoms with E-state index in [-0.39, 0.29) is 24.2 Å². The van der Waals surface area contributed by atoms with Gasteiger partial charge in [-0.05, 0) is 42.0 Å². The quantitative estimate of drug-likeness (QED) is 0.613. The molecule has 2 aromatic rings. The number of benzene rings is 1. The summed E-state index contributed by atoms with van der Waals surface area (Å²) >= 11 is 1.75. The summed E-state index contributed by atoms with van der Waals surface area (Å²) in [4.78, 5) is 26.0. The second kappa shape index (κ2) is 7.00. The molecule has 1 aromatic heterocycles. The molecule has 1 unspecified atom stereocenters. The highest BCUT2D eigenvalue weighted by Gasteiger charge is 2.30. The van der Waals surface area contributed by atoms with Crippen LogP contribution in [0.5, 0.6) is 5.75 Å². The Balaban J connectivity index is 1.63. The number of carbonyl (C=O) groups excluding carboxylic acids is 1. The van der Waals surface area contributed by atoms with Crippen LogP contribution in [-0.2, 0) is 11.2 Å². The predicted molar refractivity (Wildman–Crippen MR) is 91.4 cm³/mol. The molecule has 24 heavy (non-hydrogen) atoms. The van der Waals surface area contributed by atoms with Crippen LogP contribution in [0.1, 0.15) is 29.8 Å². The van der Waals surface area contributed by atoms with Crippen LogP contribution >= 0.6 is 11.3 Å². The van der Waals surface area contributed by atoms with Crippen molar-refractivity contribution in [3.8, 4) is 5.75 Å². The molecule has 1 amide bonds. The zero-order valence-electron chi connectivity index (χ0n) is 13.3. The monoisotopic (exact) mass is 346 g/mol. The third kappa shape index (κ3) is 3.26. The average molecular weight is 346 g/mol. The van der Waals surface area contributed by atoms with E-state index in [1.54, 1.807) is 11.3 Å². The fourth-order valence-electron chi connectivity index (χ4n) is 3.03. The average Bonchev–Trinajstić information content (AvgIpc) is 3.07. The molecule has 126 valence electrons. The van der Waals surface area contributed by atoms with Crippen molar-refractivity contribution in [1.82, 2.24) is 4.90 Å². The minimum atomic E-state index is -0.465. The molecule has 1 aromatic carbocycles. The fraction of sp³-hybridized carbons (Fsp3) is 0.353. The number of nitro groups is 1. The number of ether oxygens (including phenoxy) is 1. The molecule has 0 radical (unpaired) electrons. The Morgan fingerprint density at radius 1 is 1.38 bits per heavy atom. The van der Waals surface area contributed by atoms with E-state index in [1.165, 1.54) is 34.7 Å². The standard InChI is InChI=1S/C17H18N2O4S/c1-2-15-14-8-10-24-16(14)7-9-18(15)17(20)11-23-13-5-3-12(4-6-13)19(21)22/h3-6,8,10,15H,2,7,9,11H2,1H3. The maximum Gasteiger partial charge on any atom is 0.269 e. The Morgan fingerprint density at radius 2 is 2.12 bits per heavy atom. The minimum absolute atomic E-state index is 0.000686. The number of thiophene rings is 1. The summed E-state index contributed by atoms with van der Waals surface area (Å²) in [5, 5.41) is 12.7.